The molecule has 1 aromatic carbocycles. The number of hydrogen-bond donors (Lipinski definition) is 1. The van der Waals surface area contributed by atoms with Crippen LogP contribution in [0.3, 0.4) is 0 Å². The van der Waals surface area contributed by atoms with Gasteiger partial charge in [-0.3, -0.25) is 4.79 Å². The van der Waals surface area contributed by atoms with E-state index in [0.29, 0.717) is 32.0 Å². The Kier molecular flexibility index (Phi) is 5.16. The van der Waals surface area contributed by atoms with Crippen LogP contribution < -0.4 is 4.90 Å². The van der Waals surface area contributed by atoms with E-state index in [4.69, 9.17) is 14.7 Å². The molecular weight excluding hydrogens is 402 g/mol. The van der Waals surface area contributed by atoms with E-state index < -0.39 is 5.54 Å². The molecule has 2 aromatic heterocycles. The standard InChI is InChI=1S/C25H31N5O2/c1-5-21(31)30-12-10-19-22(25(30,3)4)27-23(18-7-6-8-20-17(18)9-11-26-20)28-24(19)29-13-14-32-15-16(29)2/h6-9,11,16,26H,5,10,12-15H2,1-4H3/t16-/m1/s1. The first kappa shape index (κ1) is 20.9. The quantitative estimate of drug-likeness (QED) is 0.679. The highest BCUT2D eigenvalue weighted by Gasteiger charge is 2.41. The van der Waals surface area contributed by atoms with Gasteiger partial charge in [0.1, 0.15) is 5.82 Å². The van der Waals surface area contributed by atoms with Crippen molar-refractivity contribution in [1.29, 1.82) is 0 Å². The highest BCUT2D eigenvalue weighted by atomic mass is 16.5. The number of rotatable bonds is 3. The van der Waals surface area contributed by atoms with Crippen molar-refractivity contribution in [3.8, 4) is 11.4 Å². The number of carbonyl (C=O) groups is 1. The fourth-order valence-corrected chi connectivity index (χ4v) is 5.15. The van der Waals surface area contributed by atoms with Gasteiger partial charge in [0.15, 0.2) is 5.82 Å². The third kappa shape index (κ3) is 3.26. The number of anilines is 1. The first-order chi connectivity index (χ1) is 15.4. The van der Waals surface area contributed by atoms with Crippen molar-refractivity contribution in [2.45, 2.75) is 52.1 Å². The highest BCUT2D eigenvalue weighted by molar-refractivity contribution is 5.93. The molecule has 1 saturated heterocycles. The number of nitrogens with zero attached hydrogens (tertiary/aromatic N) is 4. The van der Waals surface area contributed by atoms with Gasteiger partial charge in [-0.15, -0.1) is 0 Å². The Hall–Kier alpha value is -2.93. The van der Waals surface area contributed by atoms with Gasteiger partial charge < -0.3 is 19.5 Å². The molecule has 7 heteroatoms. The minimum absolute atomic E-state index is 0.162. The second-order valence-corrected chi connectivity index (χ2v) is 9.27. The van der Waals surface area contributed by atoms with Gasteiger partial charge in [-0.1, -0.05) is 19.1 Å². The van der Waals surface area contributed by atoms with E-state index in [9.17, 15) is 4.79 Å². The van der Waals surface area contributed by atoms with Crippen LogP contribution in [0.4, 0.5) is 5.82 Å². The number of aromatic amines is 1. The molecule has 4 heterocycles. The lowest BCUT2D eigenvalue weighted by Gasteiger charge is -2.45. The van der Waals surface area contributed by atoms with Crippen molar-refractivity contribution in [3.63, 3.8) is 0 Å². The summed E-state index contributed by atoms with van der Waals surface area (Å²) in [7, 11) is 0. The van der Waals surface area contributed by atoms with Gasteiger partial charge in [0.05, 0.1) is 30.5 Å². The van der Waals surface area contributed by atoms with Crippen LogP contribution in [0.25, 0.3) is 22.3 Å². The van der Waals surface area contributed by atoms with Crippen molar-refractivity contribution < 1.29 is 9.53 Å². The number of carbonyl (C=O) groups excluding carboxylic acids is 1. The third-order valence-electron chi connectivity index (χ3n) is 6.90. The maximum atomic E-state index is 12.8. The molecular formula is C25H31N5O2. The number of hydrogen-bond acceptors (Lipinski definition) is 5. The summed E-state index contributed by atoms with van der Waals surface area (Å²) in [5, 5.41) is 1.10. The largest absolute Gasteiger partial charge is 0.377 e. The summed E-state index contributed by atoms with van der Waals surface area (Å²) in [6, 6.07) is 8.48. The van der Waals surface area contributed by atoms with Gasteiger partial charge >= 0.3 is 0 Å². The van der Waals surface area contributed by atoms with Gasteiger partial charge in [-0.05, 0) is 39.3 Å². The number of fused-ring (bicyclic) bond motifs is 2. The first-order valence-electron chi connectivity index (χ1n) is 11.5. The highest BCUT2D eigenvalue weighted by Crippen LogP contribution is 2.40. The second kappa shape index (κ2) is 7.89. The van der Waals surface area contributed by atoms with Crippen molar-refractivity contribution in [1.82, 2.24) is 19.9 Å². The van der Waals surface area contributed by atoms with E-state index in [1.807, 2.05) is 24.1 Å². The lowest BCUT2D eigenvalue weighted by atomic mass is 9.86. The van der Waals surface area contributed by atoms with Crippen LogP contribution >= 0.6 is 0 Å². The molecule has 2 aliphatic heterocycles. The Balaban J connectivity index is 1.74. The van der Waals surface area contributed by atoms with E-state index in [1.165, 1.54) is 0 Å². The summed E-state index contributed by atoms with van der Waals surface area (Å²) >= 11 is 0. The van der Waals surface area contributed by atoms with Crippen molar-refractivity contribution in [3.05, 3.63) is 41.7 Å². The van der Waals surface area contributed by atoms with E-state index >= 15 is 0 Å². The van der Waals surface area contributed by atoms with Gasteiger partial charge in [0, 0.05) is 47.7 Å². The van der Waals surface area contributed by atoms with Crippen LogP contribution in [0.2, 0.25) is 0 Å². The molecule has 168 valence electrons. The molecule has 3 aromatic rings. The summed E-state index contributed by atoms with van der Waals surface area (Å²) in [5.41, 5.74) is 3.68. The summed E-state index contributed by atoms with van der Waals surface area (Å²) in [6.45, 7) is 11.2. The Morgan fingerprint density at radius 3 is 2.88 bits per heavy atom. The van der Waals surface area contributed by atoms with Gasteiger partial charge in [0.2, 0.25) is 5.91 Å². The average molecular weight is 434 g/mol. The Morgan fingerprint density at radius 2 is 2.09 bits per heavy atom. The van der Waals surface area contributed by atoms with Crippen LogP contribution in [0.15, 0.2) is 30.5 Å². The SMILES string of the molecule is CCC(=O)N1CCc2c(N3CCOC[C@H]3C)nc(-c3cccc4[nH]ccc34)nc2C1(C)C. The number of morpholine rings is 1. The lowest BCUT2D eigenvalue weighted by molar-refractivity contribution is -0.137. The van der Waals surface area contributed by atoms with E-state index in [2.05, 4.69) is 48.9 Å². The monoisotopic (exact) mass is 433 g/mol. The molecule has 2 aliphatic rings. The number of amides is 1. The van der Waals surface area contributed by atoms with E-state index in [0.717, 1.165) is 46.5 Å². The molecule has 1 amide bonds. The number of ether oxygens (including phenoxy) is 1. The maximum Gasteiger partial charge on any atom is 0.223 e. The van der Waals surface area contributed by atoms with Crippen molar-refractivity contribution in [2.24, 2.45) is 0 Å². The van der Waals surface area contributed by atoms with Crippen LogP contribution in [-0.2, 0) is 21.5 Å². The second-order valence-electron chi connectivity index (χ2n) is 9.27. The Labute approximate surface area is 188 Å². The molecule has 0 aliphatic carbocycles. The smallest absolute Gasteiger partial charge is 0.223 e. The van der Waals surface area contributed by atoms with Crippen LogP contribution in [0, 0.1) is 0 Å². The molecule has 0 saturated carbocycles. The molecule has 0 radical (unpaired) electrons. The average Bonchev–Trinajstić information content (AvgIpc) is 3.27. The summed E-state index contributed by atoms with van der Waals surface area (Å²) in [4.78, 5) is 30.7. The van der Waals surface area contributed by atoms with Crippen LogP contribution in [-0.4, -0.2) is 58.1 Å². The van der Waals surface area contributed by atoms with E-state index in [1.54, 1.807) is 0 Å². The first-order valence-corrected chi connectivity index (χ1v) is 11.5. The van der Waals surface area contributed by atoms with E-state index in [-0.39, 0.29) is 11.9 Å². The van der Waals surface area contributed by atoms with Gasteiger partial charge in [0.25, 0.3) is 0 Å². The third-order valence-corrected chi connectivity index (χ3v) is 6.90. The predicted molar refractivity (Wildman–Crippen MR) is 126 cm³/mol. The number of aromatic nitrogens is 3. The zero-order valence-electron chi connectivity index (χ0n) is 19.3. The minimum Gasteiger partial charge on any atom is -0.377 e. The molecule has 5 rings (SSSR count). The molecule has 7 nitrogen and oxygen atoms in total. The Morgan fingerprint density at radius 1 is 1.25 bits per heavy atom. The zero-order chi connectivity index (χ0) is 22.5. The fraction of sp³-hybridized carbons (Fsp3) is 0.480. The van der Waals surface area contributed by atoms with Crippen molar-refractivity contribution >= 4 is 22.6 Å². The maximum absolute atomic E-state index is 12.8. The zero-order valence-corrected chi connectivity index (χ0v) is 19.3. The number of H-pyrrole nitrogens is 1. The van der Waals surface area contributed by atoms with Crippen LogP contribution in [0.5, 0.6) is 0 Å². The molecule has 0 unspecified atom stereocenters. The topological polar surface area (TPSA) is 74.3 Å². The molecule has 1 N–H and O–H groups in total. The molecule has 0 spiro atoms. The van der Waals surface area contributed by atoms with Gasteiger partial charge in [-0.2, -0.15) is 0 Å². The Bertz CT molecular complexity index is 1170. The summed E-state index contributed by atoms with van der Waals surface area (Å²) in [5.74, 6) is 1.86. The molecule has 1 fully saturated rings. The summed E-state index contributed by atoms with van der Waals surface area (Å²) in [6.07, 6.45) is 3.20. The molecule has 1 atom stereocenters. The van der Waals surface area contributed by atoms with Crippen molar-refractivity contribution in [2.75, 3.05) is 31.2 Å². The lowest BCUT2D eigenvalue weighted by Crippen LogP contribution is -2.51. The minimum atomic E-state index is -0.505. The number of benzene rings is 1. The van der Waals surface area contributed by atoms with Gasteiger partial charge in [-0.25, -0.2) is 9.97 Å². The predicted octanol–water partition coefficient (Wildman–Crippen LogP) is 3.88. The fourth-order valence-electron chi connectivity index (χ4n) is 5.15. The number of nitrogens with one attached hydrogen (secondary N) is 1. The van der Waals surface area contributed by atoms with Crippen LogP contribution in [0.1, 0.15) is 45.4 Å². The molecule has 32 heavy (non-hydrogen) atoms. The molecule has 0 bridgehead atoms. The normalized spacial score (nSPS) is 20.4. The summed E-state index contributed by atoms with van der Waals surface area (Å²) < 4.78 is 5.70.